The van der Waals surface area contributed by atoms with Crippen LogP contribution in [-0.4, -0.2) is 16.0 Å². The molecular formula is C21H16BrN5O. The Morgan fingerprint density at radius 1 is 0.786 bits per heavy atom. The van der Waals surface area contributed by atoms with Crippen LogP contribution in [0.2, 0.25) is 0 Å². The molecule has 4 rings (SSSR count). The van der Waals surface area contributed by atoms with E-state index in [4.69, 9.17) is 0 Å². The van der Waals surface area contributed by atoms with Crippen molar-refractivity contribution < 1.29 is 4.79 Å². The smallest absolute Gasteiger partial charge is 0.323 e. The van der Waals surface area contributed by atoms with E-state index in [1.165, 1.54) is 6.33 Å². The highest BCUT2D eigenvalue weighted by atomic mass is 79.9. The number of hydrogen-bond donors (Lipinski definition) is 3. The molecule has 0 aliphatic rings. The number of aromatic nitrogens is 2. The Kier molecular flexibility index (Phi) is 5.16. The number of rotatable bonds is 4. The van der Waals surface area contributed by atoms with Gasteiger partial charge in [-0.05, 0) is 48.5 Å². The van der Waals surface area contributed by atoms with Gasteiger partial charge in [0, 0.05) is 26.9 Å². The number of nitrogens with zero attached hydrogens (tertiary/aromatic N) is 2. The molecule has 1 aromatic heterocycles. The van der Waals surface area contributed by atoms with E-state index in [1.807, 2.05) is 72.8 Å². The fraction of sp³-hybridized carbons (Fsp3) is 0. The predicted molar refractivity (Wildman–Crippen MR) is 116 cm³/mol. The first-order valence-electron chi connectivity index (χ1n) is 8.58. The largest absolute Gasteiger partial charge is 0.340 e. The van der Waals surface area contributed by atoms with E-state index in [0.717, 1.165) is 26.8 Å². The van der Waals surface area contributed by atoms with E-state index >= 15 is 0 Å². The molecule has 1 heterocycles. The van der Waals surface area contributed by atoms with Crippen LogP contribution in [0.15, 0.2) is 83.6 Å². The van der Waals surface area contributed by atoms with Crippen LogP contribution in [0.3, 0.4) is 0 Å². The molecule has 0 spiro atoms. The lowest BCUT2D eigenvalue weighted by molar-refractivity contribution is 0.262. The monoisotopic (exact) mass is 433 g/mol. The molecule has 0 atom stereocenters. The molecule has 0 saturated heterocycles. The maximum Gasteiger partial charge on any atom is 0.323 e. The van der Waals surface area contributed by atoms with E-state index in [-0.39, 0.29) is 6.03 Å². The molecule has 3 N–H and O–H groups in total. The standard InChI is InChI=1S/C21H16BrN5O/c22-14-5-4-8-16(11-14)25-20-18-10-9-17(12-19(18)23-13-24-20)27-21(28)26-15-6-2-1-3-7-15/h1-13H,(H,23,24,25)(H2,26,27,28). The molecule has 6 nitrogen and oxygen atoms in total. The number of anilines is 4. The van der Waals surface area contributed by atoms with Gasteiger partial charge in [0.2, 0.25) is 0 Å². The molecule has 4 aromatic rings. The zero-order valence-electron chi connectivity index (χ0n) is 14.7. The summed E-state index contributed by atoms with van der Waals surface area (Å²) in [5.41, 5.74) is 3.01. The number of hydrogen-bond acceptors (Lipinski definition) is 4. The van der Waals surface area contributed by atoms with Crippen LogP contribution in [0.4, 0.5) is 27.7 Å². The maximum absolute atomic E-state index is 12.2. The number of nitrogens with one attached hydrogen (secondary N) is 3. The van der Waals surface area contributed by atoms with E-state index in [9.17, 15) is 4.79 Å². The molecule has 0 unspecified atom stereocenters. The van der Waals surface area contributed by atoms with E-state index in [1.54, 1.807) is 0 Å². The van der Waals surface area contributed by atoms with Gasteiger partial charge in [-0.25, -0.2) is 14.8 Å². The minimum atomic E-state index is -0.313. The third-order valence-corrected chi connectivity index (χ3v) is 4.51. The highest BCUT2D eigenvalue weighted by Gasteiger charge is 2.08. The van der Waals surface area contributed by atoms with Gasteiger partial charge >= 0.3 is 6.03 Å². The highest BCUT2D eigenvalue weighted by molar-refractivity contribution is 9.10. The van der Waals surface area contributed by atoms with Crippen molar-refractivity contribution in [2.24, 2.45) is 0 Å². The first kappa shape index (κ1) is 17.9. The molecule has 28 heavy (non-hydrogen) atoms. The highest BCUT2D eigenvalue weighted by Crippen LogP contribution is 2.26. The minimum absolute atomic E-state index is 0.313. The van der Waals surface area contributed by atoms with Crippen molar-refractivity contribution in [1.82, 2.24) is 9.97 Å². The first-order chi connectivity index (χ1) is 13.7. The second kappa shape index (κ2) is 8.06. The number of carbonyl (C=O) groups excluding carboxylic acids is 1. The van der Waals surface area contributed by atoms with Crippen molar-refractivity contribution in [2.75, 3.05) is 16.0 Å². The Balaban J connectivity index is 1.54. The summed E-state index contributed by atoms with van der Waals surface area (Å²) in [6, 6.07) is 22.3. The van der Waals surface area contributed by atoms with Crippen molar-refractivity contribution >= 4 is 55.7 Å². The Morgan fingerprint density at radius 3 is 2.39 bits per heavy atom. The van der Waals surface area contributed by atoms with Gasteiger partial charge < -0.3 is 16.0 Å². The lowest BCUT2D eigenvalue weighted by Crippen LogP contribution is -2.19. The Bertz CT molecular complexity index is 1130. The molecule has 0 radical (unpaired) electrons. The molecule has 0 aliphatic carbocycles. The SMILES string of the molecule is O=C(Nc1ccccc1)Nc1ccc2c(Nc3cccc(Br)c3)ncnc2c1. The van der Waals surface area contributed by atoms with Crippen molar-refractivity contribution in [3.8, 4) is 0 Å². The van der Waals surface area contributed by atoms with Crippen molar-refractivity contribution in [1.29, 1.82) is 0 Å². The Morgan fingerprint density at radius 2 is 1.57 bits per heavy atom. The van der Waals surface area contributed by atoms with Crippen molar-refractivity contribution in [3.63, 3.8) is 0 Å². The predicted octanol–water partition coefficient (Wildman–Crippen LogP) is 5.78. The molecule has 0 aliphatic heterocycles. The average Bonchev–Trinajstić information content (AvgIpc) is 2.69. The Hall–Kier alpha value is -3.45. The number of benzene rings is 3. The van der Waals surface area contributed by atoms with Crippen LogP contribution in [0.1, 0.15) is 0 Å². The van der Waals surface area contributed by atoms with Crippen LogP contribution >= 0.6 is 15.9 Å². The number of urea groups is 1. The zero-order chi connectivity index (χ0) is 19.3. The fourth-order valence-corrected chi connectivity index (χ4v) is 3.15. The van der Waals surface area contributed by atoms with Gasteiger partial charge in [-0.3, -0.25) is 0 Å². The van der Waals surface area contributed by atoms with E-state index < -0.39 is 0 Å². The molecule has 0 saturated carbocycles. The summed E-state index contributed by atoms with van der Waals surface area (Å²) in [6.07, 6.45) is 1.50. The number of amides is 2. The maximum atomic E-state index is 12.2. The third kappa shape index (κ3) is 4.27. The third-order valence-electron chi connectivity index (χ3n) is 4.01. The molecule has 2 amide bonds. The van der Waals surface area contributed by atoms with Gasteiger partial charge in [-0.2, -0.15) is 0 Å². The molecule has 7 heteroatoms. The minimum Gasteiger partial charge on any atom is -0.340 e. The summed E-state index contributed by atoms with van der Waals surface area (Å²) >= 11 is 3.46. The summed E-state index contributed by atoms with van der Waals surface area (Å²) in [5, 5.41) is 9.77. The van der Waals surface area contributed by atoms with Gasteiger partial charge in [0.25, 0.3) is 0 Å². The zero-order valence-corrected chi connectivity index (χ0v) is 16.3. The number of halogens is 1. The van der Waals surface area contributed by atoms with E-state index in [2.05, 4.69) is 41.8 Å². The summed E-state index contributed by atoms with van der Waals surface area (Å²) in [4.78, 5) is 20.8. The van der Waals surface area contributed by atoms with Crippen LogP contribution in [0.25, 0.3) is 10.9 Å². The van der Waals surface area contributed by atoms with Gasteiger partial charge in [-0.15, -0.1) is 0 Å². The number of para-hydroxylation sites is 1. The first-order valence-corrected chi connectivity index (χ1v) is 9.37. The number of fused-ring (bicyclic) bond motifs is 1. The fourth-order valence-electron chi connectivity index (χ4n) is 2.75. The summed E-state index contributed by atoms with van der Waals surface area (Å²) in [5.74, 6) is 0.698. The van der Waals surface area contributed by atoms with Gasteiger partial charge in [0.15, 0.2) is 0 Å². The quantitative estimate of drug-likeness (QED) is 0.381. The second-order valence-electron chi connectivity index (χ2n) is 6.03. The van der Waals surface area contributed by atoms with Gasteiger partial charge in [-0.1, -0.05) is 40.2 Å². The van der Waals surface area contributed by atoms with Crippen LogP contribution in [0.5, 0.6) is 0 Å². The molecule has 138 valence electrons. The molecular weight excluding hydrogens is 418 g/mol. The molecule has 0 bridgehead atoms. The summed E-state index contributed by atoms with van der Waals surface area (Å²) < 4.78 is 0.978. The average molecular weight is 434 g/mol. The van der Waals surface area contributed by atoms with Crippen molar-refractivity contribution in [3.05, 3.63) is 83.6 Å². The normalized spacial score (nSPS) is 10.5. The van der Waals surface area contributed by atoms with E-state index in [0.29, 0.717) is 11.5 Å². The topological polar surface area (TPSA) is 78.9 Å². The lowest BCUT2D eigenvalue weighted by atomic mass is 10.2. The van der Waals surface area contributed by atoms with Crippen LogP contribution in [0, 0.1) is 0 Å². The summed E-state index contributed by atoms with van der Waals surface area (Å²) in [7, 11) is 0. The second-order valence-corrected chi connectivity index (χ2v) is 6.95. The Labute approximate surface area is 170 Å². The van der Waals surface area contributed by atoms with Crippen LogP contribution < -0.4 is 16.0 Å². The van der Waals surface area contributed by atoms with Gasteiger partial charge in [0.1, 0.15) is 12.1 Å². The molecule has 3 aromatic carbocycles. The number of carbonyl (C=O) groups is 1. The lowest BCUT2D eigenvalue weighted by Gasteiger charge is -2.11. The molecule has 0 fully saturated rings. The van der Waals surface area contributed by atoms with Crippen molar-refractivity contribution in [2.45, 2.75) is 0 Å². The summed E-state index contributed by atoms with van der Waals surface area (Å²) in [6.45, 7) is 0. The van der Waals surface area contributed by atoms with Crippen LogP contribution in [-0.2, 0) is 0 Å². The van der Waals surface area contributed by atoms with Gasteiger partial charge in [0.05, 0.1) is 5.52 Å².